The van der Waals surface area contributed by atoms with Crippen LogP contribution in [0.1, 0.15) is 112 Å². The third-order valence-corrected chi connectivity index (χ3v) is 11.7. The number of aliphatic hydroxyl groups excluding tert-OH is 1. The Morgan fingerprint density at radius 1 is 0.767 bits per heavy atom. The van der Waals surface area contributed by atoms with Crippen LogP contribution >= 0.6 is 0 Å². The molecule has 4 aliphatic carbocycles. The van der Waals surface area contributed by atoms with E-state index in [0.29, 0.717) is 29.3 Å². The van der Waals surface area contributed by atoms with E-state index in [4.69, 9.17) is 0 Å². The van der Waals surface area contributed by atoms with Crippen LogP contribution in [0.3, 0.4) is 0 Å². The van der Waals surface area contributed by atoms with E-state index in [2.05, 4.69) is 34.6 Å². The normalized spacial score (nSPS) is 46.0. The molecule has 0 saturated heterocycles. The van der Waals surface area contributed by atoms with Crippen molar-refractivity contribution in [3.8, 4) is 0 Å². The summed E-state index contributed by atoms with van der Waals surface area (Å²) in [5, 5.41) is 9.49. The molecule has 176 valence electrons. The fourth-order valence-electron chi connectivity index (χ4n) is 9.46. The van der Waals surface area contributed by atoms with Gasteiger partial charge < -0.3 is 10.6 Å². The fraction of sp³-hybridized carbons (Fsp3) is 1.00. The highest BCUT2D eigenvalue weighted by Gasteiger charge is 2.60. The van der Waals surface area contributed by atoms with Gasteiger partial charge in [-0.3, -0.25) is 0 Å². The Labute approximate surface area is 187 Å². The lowest BCUT2D eigenvalue weighted by Gasteiger charge is -2.61. The van der Waals surface area contributed by atoms with Crippen LogP contribution in [0.2, 0.25) is 0 Å². The average molecular weight is 421 g/mol. The minimum atomic E-state index is 0. The number of hydrogen-bond acceptors (Lipinski definition) is 1. The molecule has 4 aliphatic rings. The molecule has 0 aromatic heterocycles. The molecule has 10 atom stereocenters. The highest BCUT2D eigenvalue weighted by Crippen LogP contribution is 2.68. The standard InChI is InChI=1S/C28H50O.H2O/c1-19(21(3)18-29)9-10-20(2)24-13-14-25-23-12-11-22-8-6-7-16-27(22,4)26(23)15-17-28(24,25)5;/h19-26,29H,6-18H2,1-5H3;1H2/t19-,20+,21?,22?,23-,24+,25-,26-,27-,28+;/m0./s1. The molecule has 3 N–H and O–H groups in total. The van der Waals surface area contributed by atoms with Gasteiger partial charge in [0, 0.05) is 6.61 Å². The maximum atomic E-state index is 9.49. The van der Waals surface area contributed by atoms with E-state index in [0.717, 1.165) is 35.5 Å². The van der Waals surface area contributed by atoms with Crippen LogP contribution in [-0.2, 0) is 0 Å². The molecule has 4 rings (SSSR count). The second kappa shape index (κ2) is 9.42. The Balaban J connectivity index is 0.00000256. The largest absolute Gasteiger partial charge is 0.412 e. The predicted molar refractivity (Wildman–Crippen MR) is 127 cm³/mol. The second-order valence-corrected chi connectivity index (χ2v) is 12.8. The van der Waals surface area contributed by atoms with Gasteiger partial charge in [-0.1, -0.05) is 60.3 Å². The molecule has 0 aromatic carbocycles. The van der Waals surface area contributed by atoms with Crippen molar-refractivity contribution < 1.29 is 10.6 Å². The second-order valence-electron chi connectivity index (χ2n) is 12.8. The zero-order valence-corrected chi connectivity index (χ0v) is 20.8. The van der Waals surface area contributed by atoms with Crippen molar-refractivity contribution in [1.82, 2.24) is 0 Å². The molecule has 0 radical (unpaired) electrons. The van der Waals surface area contributed by atoms with E-state index in [9.17, 15) is 5.11 Å². The Morgan fingerprint density at radius 2 is 1.50 bits per heavy atom. The van der Waals surface area contributed by atoms with Crippen molar-refractivity contribution in [3.05, 3.63) is 0 Å². The zero-order valence-electron chi connectivity index (χ0n) is 20.8. The van der Waals surface area contributed by atoms with Crippen molar-refractivity contribution in [3.63, 3.8) is 0 Å². The maximum absolute atomic E-state index is 9.49. The van der Waals surface area contributed by atoms with E-state index in [1.165, 1.54) is 64.2 Å². The highest BCUT2D eigenvalue weighted by molar-refractivity contribution is 5.09. The number of rotatable bonds is 6. The fourth-order valence-corrected chi connectivity index (χ4v) is 9.46. The van der Waals surface area contributed by atoms with Gasteiger partial charge in [-0.2, -0.15) is 0 Å². The van der Waals surface area contributed by atoms with Gasteiger partial charge in [0.1, 0.15) is 0 Å². The van der Waals surface area contributed by atoms with Crippen LogP contribution in [0.15, 0.2) is 0 Å². The summed E-state index contributed by atoms with van der Waals surface area (Å²) in [4.78, 5) is 0. The highest BCUT2D eigenvalue weighted by atomic mass is 16.3. The molecular weight excluding hydrogens is 368 g/mol. The lowest BCUT2D eigenvalue weighted by molar-refractivity contribution is -0.114. The van der Waals surface area contributed by atoms with Gasteiger partial charge in [0.15, 0.2) is 0 Å². The molecule has 0 aliphatic heterocycles. The van der Waals surface area contributed by atoms with E-state index in [1.807, 2.05) is 0 Å². The van der Waals surface area contributed by atoms with Crippen molar-refractivity contribution in [1.29, 1.82) is 0 Å². The Kier molecular flexibility index (Phi) is 7.71. The van der Waals surface area contributed by atoms with E-state index >= 15 is 0 Å². The predicted octanol–water partition coefficient (Wildman–Crippen LogP) is 6.89. The van der Waals surface area contributed by atoms with Gasteiger partial charge in [-0.05, 0) is 110 Å². The molecule has 0 heterocycles. The third-order valence-electron chi connectivity index (χ3n) is 11.7. The molecule has 4 saturated carbocycles. The first-order valence-corrected chi connectivity index (χ1v) is 13.4. The first kappa shape index (κ1) is 24.6. The zero-order chi connectivity index (χ0) is 20.8. The van der Waals surface area contributed by atoms with Gasteiger partial charge in [0.2, 0.25) is 0 Å². The number of hydrogen-bond donors (Lipinski definition) is 1. The van der Waals surface area contributed by atoms with Crippen LogP contribution in [-0.4, -0.2) is 17.2 Å². The Hall–Kier alpha value is -0.0800. The van der Waals surface area contributed by atoms with Gasteiger partial charge in [0.05, 0.1) is 0 Å². The molecule has 4 fully saturated rings. The lowest BCUT2D eigenvalue weighted by atomic mass is 9.44. The van der Waals surface area contributed by atoms with Crippen LogP contribution in [0, 0.1) is 58.2 Å². The topological polar surface area (TPSA) is 51.7 Å². The third kappa shape index (κ3) is 4.02. The molecule has 2 nitrogen and oxygen atoms in total. The molecule has 0 spiro atoms. The molecule has 0 amide bonds. The van der Waals surface area contributed by atoms with E-state index in [1.54, 1.807) is 12.8 Å². The number of aliphatic hydroxyl groups is 1. The van der Waals surface area contributed by atoms with Crippen LogP contribution in [0.4, 0.5) is 0 Å². The average Bonchev–Trinajstić information content (AvgIpc) is 3.08. The van der Waals surface area contributed by atoms with Gasteiger partial charge >= 0.3 is 0 Å². The smallest absolute Gasteiger partial charge is 0.0459 e. The van der Waals surface area contributed by atoms with Gasteiger partial charge in [0.25, 0.3) is 0 Å². The first-order chi connectivity index (χ1) is 13.8. The monoisotopic (exact) mass is 420 g/mol. The summed E-state index contributed by atoms with van der Waals surface area (Å²) >= 11 is 0. The minimum absolute atomic E-state index is 0. The summed E-state index contributed by atoms with van der Waals surface area (Å²) in [6.07, 6.45) is 17.9. The van der Waals surface area contributed by atoms with Gasteiger partial charge in [-0.15, -0.1) is 0 Å². The summed E-state index contributed by atoms with van der Waals surface area (Å²) in [5.41, 5.74) is 1.30. The Bertz CT molecular complexity index is 561. The van der Waals surface area contributed by atoms with Crippen molar-refractivity contribution in [2.45, 2.75) is 112 Å². The van der Waals surface area contributed by atoms with Crippen LogP contribution in [0.25, 0.3) is 0 Å². The summed E-state index contributed by atoms with van der Waals surface area (Å²) in [7, 11) is 0. The number of fused-ring (bicyclic) bond motifs is 5. The first-order valence-electron chi connectivity index (χ1n) is 13.4. The van der Waals surface area contributed by atoms with Crippen LogP contribution < -0.4 is 0 Å². The minimum Gasteiger partial charge on any atom is -0.412 e. The molecule has 0 bridgehead atoms. The summed E-state index contributed by atoms with van der Waals surface area (Å²) < 4.78 is 0. The molecule has 0 aromatic rings. The Morgan fingerprint density at radius 3 is 2.23 bits per heavy atom. The molecular formula is C28H52O2. The van der Waals surface area contributed by atoms with E-state index in [-0.39, 0.29) is 5.48 Å². The summed E-state index contributed by atoms with van der Waals surface area (Å²) in [5.74, 6) is 7.06. The maximum Gasteiger partial charge on any atom is 0.0459 e. The van der Waals surface area contributed by atoms with Crippen LogP contribution in [0.5, 0.6) is 0 Å². The van der Waals surface area contributed by atoms with Gasteiger partial charge in [-0.25, -0.2) is 0 Å². The van der Waals surface area contributed by atoms with Crippen molar-refractivity contribution in [2.24, 2.45) is 58.2 Å². The molecule has 2 heteroatoms. The quantitative estimate of drug-likeness (QED) is 0.499. The SMILES string of the molecule is CC(CO)[C@@H](C)CC[C@@H](C)[C@H]1CC[C@H]2[C@@H]3CCC4CCCC[C@]4(C)[C@H]3CC[C@]12C.O. The van der Waals surface area contributed by atoms with Crippen molar-refractivity contribution >= 4 is 0 Å². The van der Waals surface area contributed by atoms with E-state index < -0.39 is 0 Å². The summed E-state index contributed by atoms with van der Waals surface area (Å²) in [6, 6.07) is 0. The molecule has 2 unspecified atom stereocenters. The summed E-state index contributed by atoms with van der Waals surface area (Å²) in [6.45, 7) is 12.9. The lowest BCUT2D eigenvalue weighted by Crippen LogP contribution is -2.53. The molecule has 30 heavy (non-hydrogen) atoms. The van der Waals surface area contributed by atoms with Crippen molar-refractivity contribution in [2.75, 3.05) is 6.61 Å².